The van der Waals surface area contributed by atoms with E-state index in [1.54, 1.807) is 18.2 Å². The lowest BCUT2D eigenvalue weighted by atomic mass is 10.2. The number of aryl methyl sites for hydroxylation is 1. The van der Waals surface area contributed by atoms with E-state index in [1.165, 1.54) is 24.0 Å². The molecule has 1 amide bonds. The third kappa shape index (κ3) is 5.09. The number of hydrazone groups is 1. The standard InChI is InChI=1S/C24H20FN5OS/c1-17-11-13-20(14-12-17)30-23(18-7-3-2-4-8-18)28-29-24(30)32-16-22(31)27-26-15-19-9-5-6-10-21(19)25/h2-15H,16H2,1H3,(H,27,31)/b26-15-. The summed E-state index contributed by atoms with van der Waals surface area (Å²) >= 11 is 1.25. The average Bonchev–Trinajstić information content (AvgIpc) is 3.24. The molecule has 1 heterocycles. The second-order valence-corrected chi connectivity index (χ2v) is 7.89. The first kappa shape index (κ1) is 21.5. The molecule has 0 fully saturated rings. The summed E-state index contributed by atoms with van der Waals surface area (Å²) in [5.41, 5.74) is 5.69. The molecule has 4 aromatic rings. The van der Waals surface area contributed by atoms with Crippen LogP contribution in [-0.4, -0.2) is 32.6 Å². The summed E-state index contributed by atoms with van der Waals surface area (Å²) in [5, 5.41) is 13.1. The number of nitrogens with zero attached hydrogens (tertiary/aromatic N) is 4. The minimum absolute atomic E-state index is 0.0768. The SMILES string of the molecule is Cc1ccc(-n2c(SCC(=O)N/N=C\c3ccccc3F)nnc2-c2ccccc2)cc1. The quantitative estimate of drug-likeness (QED) is 0.256. The van der Waals surface area contributed by atoms with Crippen LogP contribution in [0.3, 0.4) is 0 Å². The molecule has 160 valence electrons. The van der Waals surface area contributed by atoms with E-state index in [9.17, 15) is 9.18 Å². The molecule has 0 aliphatic heterocycles. The normalized spacial score (nSPS) is 11.1. The molecule has 0 unspecified atom stereocenters. The van der Waals surface area contributed by atoms with Gasteiger partial charge in [0.05, 0.1) is 12.0 Å². The number of nitrogens with one attached hydrogen (secondary N) is 1. The molecule has 1 N–H and O–H groups in total. The Morgan fingerprint density at radius 2 is 1.75 bits per heavy atom. The summed E-state index contributed by atoms with van der Waals surface area (Å²) in [6, 6.07) is 24.0. The number of rotatable bonds is 7. The Morgan fingerprint density at radius 3 is 2.50 bits per heavy atom. The summed E-state index contributed by atoms with van der Waals surface area (Å²) in [7, 11) is 0. The minimum atomic E-state index is -0.403. The molecule has 0 atom stereocenters. The van der Waals surface area contributed by atoms with Crippen molar-refractivity contribution in [3.8, 4) is 17.1 Å². The number of halogens is 1. The van der Waals surface area contributed by atoms with Gasteiger partial charge in [0.15, 0.2) is 11.0 Å². The van der Waals surface area contributed by atoms with E-state index in [0.717, 1.165) is 16.8 Å². The Hall–Kier alpha value is -3.78. The van der Waals surface area contributed by atoms with Gasteiger partial charge in [-0.3, -0.25) is 9.36 Å². The van der Waals surface area contributed by atoms with E-state index in [4.69, 9.17) is 0 Å². The Bertz CT molecular complexity index is 1240. The van der Waals surface area contributed by atoms with Crippen molar-refractivity contribution < 1.29 is 9.18 Å². The maximum atomic E-state index is 13.6. The molecule has 32 heavy (non-hydrogen) atoms. The summed E-state index contributed by atoms with van der Waals surface area (Å²) in [6.45, 7) is 2.02. The number of carbonyl (C=O) groups is 1. The van der Waals surface area contributed by atoms with E-state index in [1.807, 2.05) is 66.1 Å². The van der Waals surface area contributed by atoms with E-state index in [-0.39, 0.29) is 11.7 Å². The molecule has 1 aromatic heterocycles. The van der Waals surface area contributed by atoms with Crippen LogP contribution in [0.5, 0.6) is 0 Å². The molecular weight excluding hydrogens is 425 g/mol. The van der Waals surface area contributed by atoms with Crippen molar-refractivity contribution in [2.75, 3.05) is 5.75 Å². The largest absolute Gasteiger partial charge is 0.272 e. The van der Waals surface area contributed by atoms with Crippen LogP contribution >= 0.6 is 11.8 Å². The van der Waals surface area contributed by atoms with Gasteiger partial charge in [-0.2, -0.15) is 5.10 Å². The van der Waals surface area contributed by atoms with Crippen LogP contribution in [-0.2, 0) is 4.79 Å². The van der Waals surface area contributed by atoms with Crippen LogP contribution in [0.4, 0.5) is 4.39 Å². The number of amides is 1. The van der Waals surface area contributed by atoms with Gasteiger partial charge in [-0.1, -0.05) is 78.0 Å². The van der Waals surface area contributed by atoms with Crippen molar-refractivity contribution in [3.63, 3.8) is 0 Å². The molecule has 0 radical (unpaired) electrons. The molecule has 0 aliphatic carbocycles. The lowest BCUT2D eigenvalue weighted by Gasteiger charge is -2.10. The molecule has 0 saturated heterocycles. The fourth-order valence-electron chi connectivity index (χ4n) is 2.98. The Morgan fingerprint density at radius 1 is 1.03 bits per heavy atom. The van der Waals surface area contributed by atoms with Crippen molar-refractivity contribution in [3.05, 3.63) is 95.8 Å². The first-order chi connectivity index (χ1) is 15.6. The van der Waals surface area contributed by atoms with Crippen LogP contribution in [0.1, 0.15) is 11.1 Å². The maximum absolute atomic E-state index is 13.6. The zero-order valence-corrected chi connectivity index (χ0v) is 18.1. The van der Waals surface area contributed by atoms with Crippen molar-refractivity contribution in [2.24, 2.45) is 5.10 Å². The lowest BCUT2D eigenvalue weighted by molar-refractivity contribution is -0.118. The second-order valence-electron chi connectivity index (χ2n) is 6.95. The van der Waals surface area contributed by atoms with E-state index in [2.05, 4.69) is 20.7 Å². The highest BCUT2D eigenvalue weighted by Gasteiger charge is 2.17. The van der Waals surface area contributed by atoms with Crippen LogP contribution in [0.25, 0.3) is 17.1 Å². The summed E-state index contributed by atoms with van der Waals surface area (Å²) in [6.07, 6.45) is 1.28. The number of hydrogen-bond acceptors (Lipinski definition) is 5. The van der Waals surface area contributed by atoms with E-state index < -0.39 is 5.82 Å². The van der Waals surface area contributed by atoms with Crippen LogP contribution in [0, 0.1) is 12.7 Å². The Labute approximate surface area is 189 Å². The zero-order valence-electron chi connectivity index (χ0n) is 17.3. The maximum Gasteiger partial charge on any atom is 0.250 e. The first-order valence-electron chi connectivity index (χ1n) is 9.89. The highest BCUT2D eigenvalue weighted by Crippen LogP contribution is 2.28. The number of hydrogen-bond donors (Lipinski definition) is 1. The molecule has 0 bridgehead atoms. The van der Waals surface area contributed by atoms with Crippen molar-refractivity contribution in [1.82, 2.24) is 20.2 Å². The summed E-state index contributed by atoms with van der Waals surface area (Å²) in [5.74, 6) is 0.0321. The van der Waals surface area contributed by atoms with Gasteiger partial charge in [0.1, 0.15) is 5.82 Å². The number of benzene rings is 3. The summed E-state index contributed by atoms with van der Waals surface area (Å²) < 4.78 is 15.6. The second kappa shape index (κ2) is 10.0. The Kier molecular flexibility index (Phi) is 6.72. The first-order valence-corrected chi connectivity index (χ1v) is 10.9. The van der Waals surface area contributed by atoms with Gasteiger partial charge in [0.2, 0.25) is 0 Å². The molecule has 8 heteroatoms. The number of aromatic nitrogens is 3. The highest BCUT2D eigenvalue weighted by molar-refractivity contribution is 7.99. The van der Waals surface area contributed by atoms with Gasteiger partial charge < -0.3 is 0 Å². The fourth-order valence-corrected chi connectivity index (χ4v) is 3.72. The minimum Gasteiger partial charge on any atom is -0.272 e. The van der Waals surface area contributed by atoms with Crippen LogP contribution < -0.4 is 5.43 Å². The van der Waals surface area contributed by atoms with Gasteiger partial charge in [-0.25, -0.2) is 9.82 Å². The van der Waals surface area contributed by atoms with Crippen LogP contribution in [0.15, 0.2) is 89.1 Å². The molecular formula is C24H20FN5OS. The zero-order chi connectivity index (χ0) is 22.3. The number of carbonyl (C=O) groups excluding carboxylic acids is 1. The summed E-state index contributed by atoms with van der Waals surface area (Å²) in [4.78, 5) is 12.3. The smallest absolute Gasteiger partial charge is 0.250 e. The van der Waals surface area contributed by atoms with Gasteiger partial charge in [0.25, 0.3) is 5.91 Å². The number of thioether (sulfide) groups is 1. The van der Waals surface area contributed by atoms with Crippen molar-refractivity contribution in [1.29, 1.82) is 0 Å². The fraction of sp³-hybridized carbons (Fsp3) is 0.0833. The molecule has 3 aromatic carbocycles. The van der Waals surface area contributed by atoms with Gasteiger partial charge in [0, 0.05) is 16.8 Å². The van der Waals surface area contributed by atoms with E-state index in [0.29, 0.717) is 16.5 Å². The van der Waals surface area contributed by atoms with Crippen LogP contribution in [0.2, 0.25) is 0 Å². The third-order valence-electron chi connectivity index (χ3n) is 4.59. The molecule has 0 aliphatic rings. The van der Waals surface area contributed by atoms with E-state index >= 15 is 0 Å². The molecule has 4 rings (SSSR count). The monoisotopic (exact) mass is 445 g/mol. The van der Waals surface area contributed by atoms with Gasteiger partial charge in [-0.15, -0.1) is 10.2 Å². The topological polar surface area (TPSA) is 72.2 Å². The average molecular weight is 446 g/mol. The predicted octanol–water partition coefficient (Wildman–Crippen LogP) is 4.62. The lowest BCUT2D eigenvalue weighted by Crippen LogP contribution is -2.20. The molecule has 6 nitrogen and oxygen atoms in total. The Balaban J connectivity index is 1.51. The predicted molar refractivity (Wildman–Crippen MR) is 124 cm³/mol. The van der Waals surface area contributed by atoms with Gasteiger partial charge in [-0.05, 0) is 25.1 Å². The third-order valence-corrected chi connectivity index (χ3v) is 5.52. The molecule has 0 spiro atoms. The van der Waals surface area contributed by atoms with Crippen molar-refractivity contribution >= 4 is 23.9 Å². The van der Waals surface area contributed by atoms with Crippen molar-refractivity contribution in [2.45, 2.75) is 12.1 Å². The van der Waals surface area contributed by atoms with Gasteiger partial charge >= 0.3 is 0 Å². The molecule has 0 saturated carbocycles. The highest BCUT2D eigenvalue weighted by atomic mass is 32.2.